The normalized spacial score (nSPS) is 31.6. The molecule has 2 aromatic rings. The molecule has 2 heterocycles. The van der Waals surface area contributed by atoms with Crippen LogP contribution in [-0.2, 0) is 19.0 Å². The number of amides is 1. The van der Waals surface area contributed by atoms with Crippen molar-refractivity contribution < 1.29 is 28.8 Å². The van der Waals surface area contributed by atoms with Crippen molar-refractivity contribution in [1.29, 1.82) is 0 Å². The lowest BCUT2D eigenvalue weighted by Gasteiger charge is -2.47. The van der Waals surface area contributed by atoms with Crippen LogP contribution in [0.1, 0.15) is 24.3 Å². The first-order valence-electron chi connectivity index (χ1n) is 9.67. The van der Waals surface area contributed by atoms with Gasteiger partial charge in [0.25, 0.3) is 0 Å². The summed E-state index contributed by atoms with van der Waals surface area (Å²) in [4.78, 5) is 11.8. The Balaban J connectivity index is 1.54. The van der Waals surface area contributed by atoms with Crippen molar-refractivity contribution in [3.05, 3.63) is 65.7 Å². The number of ether oxygens (including phenoxy) is 4. The predicted octanol–water partition coefficient (Wildman–Crippen LogP) is 2.08. The van der Waals surface area contributed by atoms with E-state index in [0.717, 1.165) is 11.1 Å². The van der Waals surface area contributed by atoms with E-state index in [9.17, 15) is 9.90 Å². The van der Waals surface area contributed by atoms with Gasteiger partial charge in [-0.2, -0.15) is 0 Å². The fourth-order valence-electron chi connectivity index (χ4n) is 3.68. The number of aryl methyl sites for hydroxylation is 1. The third kappa shape index (κ3) is 4.43. The van der Waals surface area contributed by atoms with Crippen LogP contribution in [0.15, 0.2) is 54.6 Å². The van der Waals surface area contributed by atoms with Gasteiger partial charge >= 0.3 is 0 Å². The van der Waals surface area contributed by atoms with Crippen molar-refractivity contribution in [1.82, 2.24) is 5.32 Å². The third-order valence-electron chi connectivity index (χ3n) is 5.05. The molecule has 2 aromatic carbocycles. The molecule has 7 nitrogen and oxygen atoms in total. The second-order valence-corrected chi connectivity index (χ2v) is 7.37. The zero-order valence-electron chi connectivity index (χ0n) is 16.4. The molecule has 0 aliphatic carbocycles. The molecule has 4 rings (SSSR count). The molecule has 1 amide bonds. The Morgan fingerprint density at radius 2 is 1.93 bits per heavy atom. The molecule has 0 unspecified atom stereocenters. The SMILES string of the molecule is CC(=O)N[C@@H]1[C@H](Oc2cccc(C)c2)O[C@@H]2CO[C@H](c3ccccc3)O[C@@H]2[C@@H]1O. The maximum absolute atomic E-state index is 11.8. The number of rotatable bonds is 4. The average Bonchev–Trinajstić information content (AvgIpc) is 2.71. The first-order valence-corrected chi connectivity index (χ1v) is 9.67. The van der Waals surface area contributed by atoms with Crippen molar-refractivity contribution >= 4 is 5.91 Å². The molecule has 2 fully saturated rings. The first kappa shape index (κ1) is 19.8. The highest BCUT2D eigenvalue weighted by molar-refractivity contribution is 5.73. The van der Waals surface area contributed by atoms with Gasteiger partial charge in [0.1, 0.15) is 30.1 Å². The lowest BCUT2D eigenvalue weighted by atomic mass is 9.95. The summed E-state index contributed by atoms with van der Waals surface area (Å²) < 4.78 is 23.9. The number of nitrogens with one attached hydrogen (secondary N) is 1. The summed E-state index contributed by atoms with van der Waals surface area (Å²) in [7, 11) is 0. The highest BCUT2D eigenvalue weighted by atomic mass is 16.7. The van der Waals surface area contributed by atoms with Crippen LogP contribution >= 0.6 is 0 Å². The van der Waals surface area contributed by atoms with E-state index in [0.29, 0.717) is 5.75 Å². The smallest absolute Gasteiger partial charge is 0.223 e. The molecule has 0 aromatic heterocycles. The van der Waals surface area contributed by atoms with Crippen LogP contribution in [0.25, 0.3) is 0 Å². The second-order valence-electron chi connectivity index (χ2n) is 7.37. The van der Waals surface area contributed by atoms with Gasteiger partial charge < -0.3 is 29.4 Å². The molecule has 6 atom stereocenters. The zero-order chi connectivity index (χ0) is 20.4. The van der Waals surface area contributed by atoms with Gasteiger partial charge in [0, 0.05) is 12.5 Å². The molecule has 2 aliphatic heterocycles. The summed E-state index contributed by atoms with van der Waals surface area (Å²) in [5.41, 5.74) is 1.88. The highest BCUT2D eigenvalue weighted by Gasteiger charge is 2.50. The fraction of sp³-hybridized carbons (Fsp3) is 0.409. The minimum Gasteiger partial charge on any atom is -0.463 e. The predicted molar refractivity (Wildman–Crippen MR) is 104 cm³/mol. The third-order valence-corrected chi connectivity index (χ3v) is 5.05. The van der Waals surface area contributed by atoms with Crippen molar-refractivity contribution in [3.63, 3.8) is 0 Å². The monoisotopic (exact) mass is 399 g/mol. The van der Waals surface area contributed by atoms with Gasteiger partial charge in [-0.3, -0.25) is 4.79 Å². The molecule has 154 valence electrons. The van der Waals surface area contributed by atoms with Gasteiger partial charge in [0.05, 0.1) is 6.61 Å². The number of carbonyl (C=O) groups excluding carboxylic acids is 1. The van der Waals surface area contributed by atoms with Crippen LogP contribution < -0.4 is 10.1 Å². The maximum Gasteiger partial charge on any atom is 0.223 e. The summed E-state index contributed by atoms with van der Waals surface area (Å²) in [6.07, 6.45) is -3.70. The van der Waals surface area contributed by atoms with Gasteiger partial charge in [-0.25, -0.2) is 0 Å². The zero-order valence-corrected chi connectivity index (χ0v) is 16.4. The van der Waals surface area contributed by atoms with Crippen LogP contribution in [0.4, 0.5) is 0 Å². The topological polar surface area (TPSA) is 86.3 Å². The molecular weight excluding hydrogens is 374 g/mol. The molecule has 2 saturated heterocycles. The molecule has 0 spiro atoms. The van der Waals surface area contributed by atoms with E-state index < -0.39 is 36.9 Å². The number of hydrogen-bond acceptors (Lipinski definition) is 6. The lowest BCUT2D eigenvalue weighted by molar-refractivity contribution is -0.333. The molecule has 0 bridgehead atoms. The molecule has 7 heteroatoms. The van der Waals surface area contributed by atoms with E-state index in [1.54, 1.807) is 6.07 Å². The molecule has 2 N–H and O–H groups in total. The van der Waals surface area contributed by atoms with Gasteiger partial charge in [0.2, 0.25) is 12.2 Å². The molecule has 0 saturated carbocycles. The van der Waals surface area contributed by atoms with E-state index in [2.05, 4.69) is 5.32 Å². The van der Waals surface area contributed by atoms with Crippen molar-refractivity contribution in [2.45, 2.75) is 50.8 Å². The van der Waals surface area contributed by atoms with Gasteiger partial charge in [0.15, 0.2) is 6.29 Å². The number of aliphatic hydroxyl groups excluding tert-OH is 1. The minimum atomic E-state index is -1.03. The second kappa shape index (κ2) is 8.51. The van der Waals surface area contributed by atoms with E-state index >= 15 is 0 Å². The summed E-state index contributed by atoms with van der Waals surface area (Å²) in [5, 5.41) is 13.8. The Bertz CT molecular complexity index is 844. The Morgan fingerprint density at radius 3 is 2.66 bits per heavy atom. The first-order chi connectivity index (χ1) is 14.0. The summed E-state index contributed by atoms with van der Waals surface area (Å²) >= 11 is 0. The van der Waals surface area contributed by atoms with Crippen molar-refractivity contribution in [3.8, 4) is 5.75 Å². The van der Waals surface area contributed by atoms with E-state index in [1.807, 2.05) is 55.5 Å². The van der Waals surface area contributed by atoms with E-state index in [1.165, 1.54) is 6.92 Å². The van der Waals surface area contributed by atoms with Gasteiger partial charge in [-0.05, 0) is 24.6 Å². The maximum atomic E-state index is 11.8. The molecule has 2 aliphatic rings. The van der Waals surface area contributed by atoms with Crippen LogP contribution in [0.5, 0.6) is 5.75 Å². The number of hydrogen-bond donors (Lipinski definition) is 2. The van der Waals surface area contributed by atoms with Gasteiger partial charge in [-0.15, -0.1) is 0 Å². The summed E-state index contributed by atoms with van der Waals surface area (Å²) in [5.74, 6) is 0.302. The molecule has 0 radical (unpaired) electrons. The summed E-state index contributed by atoms with van der Waals surface area (Å²) in [6, 6.07) is 16.2. The van der Waals surface area contributed by atoms with Crippen molar-refractivity contribution in [2.75, 3.05) is 6.61 Å². The Hall–Kier alpha value is -2.45. The number of fused-ring (bicyclic) bond motifs is 1. The minimum absolute atomic E-state index is 0.238. The van der Waals surface area contributed by atoms with E-state index in [-0.39, 0.29) is 12.5 Å². The van der Waals surface area contributed by atoms with Crippen LogP contribution in [-0.4, -0.2) is 48.3 Å². The Labute approximate surface area is 169 Å². The van der Waals surface area contributed by atoms with E-state index in [4.69, 9.17) is 18.9 Å². The van der Waals surface area contributed by atoms with Crippen LogP contribution in [0.2, 0.25) is 0 Å². The van der Waals surface area contributed by atoms with Gasteiger partial charge in [-0.1, -0.05) is 42.5 Å². The summed E-state index contributed by atoms with van der Waals surface area (Å²) in [6.45, 7) is 3.58. The van der Waals surface area contributed by atoms with Crippen LogP contribution in [0, 0.1) is 6.92 Å². The Morgan fingerprint density at radius 1 is 1.14 bits per heavy atom. The quantitative estimate of drug-likeness (QED) is 0.819. The average molecular weight is 399 g/mol. The Kier molecular flexibility index (Phi) is 5.82. The molecular formula is C22H25NO6. The lowest BCUT2D eigenvalue weighted by Crippen LogP contribution is -2.67. The number of carbonyl (C=O) groups is 1. The fourth-order valence-corrected chi connectivity index (χ4v) is 3.68. The number of aliphatic hydroxyl groups is 1. The van der Waals surface area contributed by atoms with Crippen LogP contribution in [0.3, 0.4) is 0 Å². The largest absolute Gasteiger partial charge is 0.463 e. The standard InChI is InChI=1S/C22H25NO6/c1-13-7-6-10-16(11-13)27-22-18(23-14(2)24)19(25)20-17(28-22)12-26-21(29-20)15-8-4-3-5-9-15/h3-11,17-22,25H,12H2,1-2H3,(H,23,24)/t17-,18+,19-,20+,21+,22-/m1/s1. The van der Waals surface area contributed by atoms with Crippen molar-refractivity contribution in [2.24, 2.45) is 0 Å². The highest BCUT2D eigenvalue weighted by Crippen LogP contribution is 2.34. The molecule has 29 heavy (non-hydrogen) atoms. The number of benzene rings is 2.